The van der Waals surface area contributed by atoms with Crippen LogP contribution in [0.25, 0.3) is 0 Å². The third-order valence-electron chi connectivity index (χ3n) is 4.56. The molecule has 1 aliphatic rings. The van der Waals surface area contributed by atoms with Gasteiger partial charge in [-0.15, -0.1) is 12.4 Å². The van der Waals surface area contributed by atoms with Crippen LogP contribution in [0.5, 0.6) is 0 Å². The standard InChI is InChI=1S/C17H25BrN2O.ClH/c1-12(2)15(19)8-11-20(3)16(21)17(9-10-17)13-4-6-14(18)7-5-13;/h4-7,12,15H,8-11,19H2,1-3H3;1H. The number of halogens is 2. The summed E-state index contributed by atoms with van der Waals surface area (Å²) in [5, 5.41) is 0. The van der Waals surface area contributed by atoms with Crippen molar-refractivity contribution in [1.29, 1.82) is 0 Å². The molecule has 5 heteroatoms. The van der Waals surface area contributed by atoms with Crippen molar-refractivity contribution in [3.8, 4) is 0 Å². The summed E-state index contributed by atoms with van der Waals surface area (Å²) in [4.78, 5) is 14.6. The van der Waals surface area contributed by atoms with E-state index < -0.39 is 0 Å². The van der Waals surface area contributed by atoms with E-state index in [4.69, 9.17) is 5.73 Å². The third-order valence-corrected chi connectivity index (χ3v) is 5.09. The van der Waals surface area contributed by atoms with Crippen LogP contribution in [0.15, 0.2) is 28.7 Å². The van der Waals surface area contributed by atoms with Crippen LogP contribution in [0.1, 0.15) is 38.7 Å². The van der Waals surface area contributed by atoms with Crippen molar-refractivity contribution in [3.05, 3.63) is 34.3 Å². The van der Waals surface area contributed by atoms with Crippen molar-refractivity contribution in [2.75, 3.05) is 13.6 Å². The molecular weight excluding hydrogens is 364 g/mol. The lowest BCUT2D eigenvalue weighted by Gasteiger charge is -2.26. The first kappa shape index (κ1) is 19.5. The van der Waals surface area contributed by atoms with Crippen molar-refractivity contribution in [2.45, 2.75) is 44.6 Å². The molecule has 3 nitrogen and oxygen atoms in total. The Balaban J connectivity index is 0.00000242. The highest BCUT2D eigenvalue weighted by Crippen LogP contribution is 2.49. The molecule has 0 bridgehead atoms. The fraction of sp³-hybridized carbons (Fsp3) is 0.588. The Labute approximate surface area is 148 Å². The van der Waals surface area contributed by atoms with Gasteiger partial charge in [0.2, 0.25) is 5.91 Å². The van der Waals surface area contributed by atoms with Gasteiger partial charge >= 0.3 is 0 Å². The van der Waals surface area contributed by atoms with Gasteiger partial charge in [0.1, 0.15) is 0 Å². The van der Waals surface area contributed by atoms with Crippen LogP contribution in [0.3, 0.4) is 0 Å². The Morgan fingerprint density at radius 3 is 2.32 bits per heavy atom. The van der Waals surface area contributed by atoms with Crippen LogP contribution in [-0.4, -0.2) is 30.4 Å². The summed E-state index contributed by atoms with van der Waals surface area (Å²) in [6.45, 7) is 4.98. The van der Waals surface area contributed by atoms with Crippen molar-refractivity contribution >= 4 is 34.2 Å². The molecule has 2 N–H and O–H groups in total. The number of amides is 1. The number of carbonyl (C=O) groups excluding carboxylic acids is 1. The molecule has 1 aliphatic carbocycles. The molecule has 1 unspecified atom stereocenters. The fourth-order valence-electron chi connectivity index (χ4n) is 2.66. The number of benzene rings is 1. The normalized spacial score (nSPS) is 16.8. The summed E-state index contributed by atoms with van der Waals surface area (Å²) in [6, 6.07) is 8.29. The van der Waals surface area contributed by atoms with Gasteiger partial charge in [-0.2, -0.15) is 0 Å². The Morgan fingerprint density at radius 1 is 1.32 bits per heavy atom. The molecule has 1 atom stereocenters. The number of carbonyl (C=O) groups is 1. The summed E-state index contributed by atoms with van der Waals surface area (Å²) >= 11 is 3.44. The maximum Gasteiger partial charge on any atom is 0.232 e. The van der Waals surface area contributed by atoms with Gasteiger partial charge in [-0.25, -0.2) is 0 Å². The van der Waals surface area contributed by atoms with Crippen molar-refractivity contribution < 1.29 is 4.79 Å². The zero-order chi connectivity index (χ0) is 15.6. The Bertz CT molecular complexity index is 500. The Morgan fingerprint density at radius 2 is 1.86 bits per heavy atom. The van der Waals surface area contributed by atoms with Gasteiger partial charge in [0.15, 0.2) is 0 Å². The van der Waals surface area contributed by atoms with Crippen LogP contribution in [0.4, 0.5) is 0 Å². The molecular formula is C17H26BrClN2O. The van der Waals surface area contributed by atoms with E-state index in [1.807, 2.05) is 24.1 Å². The molecule has 0 aliphatic heterocycles. The number of rotatable bonds is 6. The molecule has 1 saturated carbocycles. The molecule has 1 amide bonds. The van der Waals surface area contributed by atoms with Crippen LogP contribution in [0.2, 0.25) is 0 Å². The van der Waals surface area contributed by atoms with E-state index in [-0.39, 0.29) is 29.8 Å². The second kappa shape index (κ2) is 7.80. The number of nitrogens with zero attached hydrogens (tertiary/aromatic N) is 1. The highest BCUT2D eigenvalue weighted by atomic mass is 79.9. The number of likely N-dealkylation sites (N-methyl/N-ethyl adjacent to an activating group) is 1. The van der Waals surface area contributed by atoms with Gasteiger partial charge < -0.3 is 10.6 Å². The molecule has 0 aromatic heterocycles. The van der Waals surface area contributed by atoms with Crippen LogP contribution >= 0.6 is 28.3 Å². The minimum absolute atomic E-state index is 0. The SMILES string of the molecule is CC(C)C(N)CCN(C)C(=O)C1(c2ccc(Br)cc2)CC1.Cl. The van der Waals surface area contributed by atoms with Crippen LogP contribution in [-0.2, 0) is 10.2 Å². The van der Waals surface area contributed by atoms with Gasteiger partial charge in [0.05, 0.1) is 5.41 Å². The molecule has 1 aromatic carbocycles. The minimum Gasteiger partial charge on any atom is -0.345 e. The second-order valence-electron chi connectivity index (χ2n) is 6.51. The first-order valence-electron chi connectivity index (χ1n) is 7.64. The summed E-state index contributed by atoms with van der Waals surface area (Å²) in [5.74, 6) is 0.690. The number of hydrogen-bond acceptors (Lipinski definition) is 2. The topological polar surface area (TPSA) is 46.3 Å². The fourth-order valence-corrected chi connectivity index (χ4v) is 2.93. The average Bonchev–Trinajstić information content (AvgIpc) is 3.25. The first-order valence-corrected chi connectivity index (χ1v) is 8.43. The number of nitrogens with two attached hydrogens (primary N) is 1. The second-order valence-corrected chi connectivity index (χ2v) is 7.43. The van der Waals surface area contributed by atoms with E-state index >= 15 is 0 Å². The maximum atomic E-state index is 12.8. The maximum absolute atomic E-state index is 12.8. The van der Waals surface area contributed by atoms with Crippen LogP contribution < -0.4 is 5.73 Å². The average molecular weight is 390 g/mol. The zero-order valence-corrected chi connectivity index (χ0v) is 15.9. The molecule has 0 heterocycles. The molecule has 1 fully saturated rings. The first-order chi connectivity index (χ1) is 9.86. The lowest BCUT2D eigenvalue weighted by Crippen LogP contribution is -2.39. The minimum atomic E-state index is -0.280. The summed E-state index contributed by atoms with van der Waals surface area (Å²) in [6.07, 6.45) is 2.76. The molecule has 0 spiro atoms. The van der Waals surface area contributed by atoms with Crippen molar-refractivity contribution in [1.82, 2.24) is 4.90 Å². The molecule has 0 radical (unpaired) electrons. The highest BCUT2D eigenvalue weighted by Gasteiger charge is 2.52. The van der Waals surface area contributed by atoms with E-state index in [2.05, 4.69) is 41.9 Å². The van der Waals surface area contributed by atoms with E-state index in [1.54, 1.807) is 0 Å². The summed E-state index contributed by atoms with van der Waals surface area (Å²) in [7, 11) is 1.90. The Kier molecular flexibility index (Phi) is 6.90. The van der Waals surface area contributed by atoms with Gasteiger partial charge in [-0.1, -0.05) is 41.9 Å². The molecule has 1 aromatic rings. The largest absolute Gasteiger partial charge is 0.345 e. The van der Waals surface area contributed by atoms with Gasteiger partial charge in [-0.3, -0.25) is 4.79 Å². The van der Waals surface area contributed by atoms with Crippen molar-refractivity contribution in [2.24, 2.45) is 11.7 Å². The molecule has 124 valence electrons. The summed E-state index contributed by atoms with van der Waals surface area (Å²) in [5.41, 5.74) is 6.93. The summed E-state index contributed by atoms with van der Waals surface area (Å²) < 4.78 is 1.05. The van der Waals surface area contributed by atoms with E-state index in [9.17, 15) is 4.79 Å². The molecule has 0 saturated heterocycles. The monoisotopic (exact) mass is 388 g/mol. The smallest absolute Gasteiger partial charge is 0.232 e. The van der Waals surface area contributed by atoms with Gasteiger partial charge in [-0.05, 0) is 42.9 Å². The quantitative estimate of drug-likeness (QED) is 0.805. The molecule has 22 heavy (non-hydrogen) atoms. The lowest BCUT2D eigenvalue weighted by atomic mass is 9.94. The van der Waals surface area contributed by atoms with E-state index in [0.29, 0.717) is 5.92 Å². The van der Waals surface area contributed by atoms with Gasteiger partial charge in [0, 0.05) is 24.1 Å². The predicted molar refractivity (Wildman–Crippen MR) is 97.4 cm³/mol. The number of hydrogen-bond donors (Lipinski definition) is 1. The van der Waals surface area contributed by atoms with Crippen molar-refractivity contribution in [3.63, 3.8) is 0 Å². The Hall–Kier alpha value is -0.580. The third kappa shape index (κ3) is 4.24. The van der Waals surface area contributed by atoms with E-state index in [1.165, 1.54) is 0 Å². The van der Waals surface area contributed by atoms with Gasteiger partial charge in [0.25, 0.3) is 0 Å². The predicted octanol–water partition coefficient (Wildman–Crippen LogP) is 3.73. The lowest BCUT2D eigenvalue weighted by molar-refractivity contribution is -0.132. The highest BCUT2D eigenvalue weighted by molar-refractivity contribution is 9.10. The molecule has 2 rings (SSSR count). The van der Waals surface area contributed by atoms with E-state index in [0.717, 1.165) is 35.8 Å². The van der Waals surface area contributed by atoms with Crippen LogP contribution in [0, 0.1) is 5.92 Å². The zero-order valence-electron chi connectivity index (χ0n) is 13.5.